The van der Waals surface area contributed by atoms with Crippen LogP contribution in [0.15, 0.2) is 48.5 Å². The predicted octanol–water partition coefficient (Wildman–Crippen LogP) is 2.97. The second kappa shape index (κ2) is 7.98. The van der Waals surface area contributed by atoms with Gasteiger partial charge in [-0.2, -0.15) is 0 Å². The molecule has 2 aromatic carbocycles. The van der Waals surface area contributed by atoms with Crippen molar-refractivity contribution in [1.82, 2.24) is 0 Å². The SMILES string of the molecule is CCOc1cc(CN)ccc1OCC#Cc1ccccc1. The fourth-order valence-electron chi connectivity index (χ4n) is 1.84. The summed E-state index contributed by atoms with van der Waals surface area (Å²) in [6, 6.07) is 15.5. The average Bonchev–Trinajstić information content (AvgIpc) is 2.54. The van der Waals surface area contributed by atoms with E-state index in [1.54, 1.807) is 0 Å². The highest BCUT2D eigenvalue weighted by atomic mass is 16.5. The zero-order valence-electron chi connectivity index (χ0n) is 12.1. The lowest BCUT2D eigenvalue weighted by atomic mass is 10.2. The van der Waals surface area contributed by atoms with Crippen LogP contribution in [0.5, 0.6) is 11.5 Å². The quantitative estimate of drug-likeness (QED) is 0.857. The van der Waals surface area contributed by atoms with E-state index in [9.17, 15) is 0 Å². The van der Waals surface area contributed by atoms with Gasteiger partial charge in [0.15, 0.2) is 11.5 Å². The standard InChI is InChI=1S/C18H19NO2/c1-2-20-18-13-16(14-19)10-11-17(18)21-12-6-9-15-7-4-3-5-8-15/h3-5,7-8,10-11,13H,2,12,14,19H2,1H3. The maximum absolute atomic E-state index is 5.67. The minimum absolute atomic E-state index is 0.316. The van der Waals surface area contributed by atoms with Gasteiger partial charge in [-0.1, -0.05) is 36.1 Å². The Balaban J connectivity index is 2.01. The molecule has 0 aliphatic heterocycles. The Kier molecular flexibility index (Phi) is 5.69. The highest BCUT2D eigenvalue weighted by molar-refractivity contribution is 5.43. The number of rotatable bonds is 5. The fraction of sp³-hybridized carbons (Fsp3) is 0.222. The molecule has 0 atom stereocenters. The normalized spacial score (nSPS) is 9.62. The summed E-state index contributed by atoms with van der Waals surface area (Å²) in [7, 11) is 0. The number of hydrogen-bond donors (Lipinski definition) is 1. The van der Waals surface area contributed by atoms with Gasteiger partial charge in [-0.25, -0.2) is 0 Å². The van der Waals surface area contributed by atoms with Gasteiger partial charge in [-0.3, -0.25) is 0 Å². The Morgan fingerprint density at radius 3 is 2.52 bits per heavy atom. The molecule has 2 aromatic rings. The van der Waals surface area contributed by atoms with E-state index in [1.807, 2.05) is 55.5 Å². The van der Waals surface area contributed by atoms with Crippen molar-refractivity contribution in [2.45, 2.75) is 13.5 Å². The lowest BCUT2D eigenvalue weighted by Crippen LogP contribution is -2.02. The van der Waals surface area contributed by atoms with Gasteiger partial charge in [-0.15, -0.1) is 0 Å². The maximum atomic E-state index is 5.67. The van der Waals surface area contributed by atoms with Crippen molar-refractivity contribution < 1.29 is 9.47 Å². The highest BCUT2D eigenvalue weighted by Crippen LogP contribution is 2.28. The van der Waals surface area contributed by atoms with Crippen LogP contribution in [0.2, 0.25) is 0 Å². The molecular formula is C18H19NO2. The second-order valence-corrected chi connectivity index (χ2v) is 4.37. The Hall–Kier alpha value is -2.44. The Morgan fingerprint density at radius 2 is 1.81 bits per heavy atom. The summed E-state index contributed by atoms with van der Waals surface area (Å²) in [5, 5.41) is 0. The summed E-state index contributed by atoms with van der Waals surface area (Å²) in [6.45, 7) is 3.32. The fourth-order valence-corrected chi connectivity index (χ4v) is 1.84. The largest absolute Gasteiger partial charge is 0.490 e. The molecule has 21 heavy (non-hydrogen) atoms. The van der Waals surface area contributed by atoms with Crippen LogP contribution >= 0.6 is 0 Å². The molecular weight excluding hydrogens is 262 g/mol. The van der Waals surface area contributed by atoms with Crippen molar-refractivity contribution in [2.24, 2.45) is 5.73 Å². The summed E-state index contributed by atoms with van der Waals surface area (Å²) >= 11 is 0. The van der Waals surface area contributed by atoms with Gasteiger partial charge >= 0.3 is 0 Å². The van der Waals surface area contributed by atoms with Crippen LogP contribution in [0.3, 0.4) is 0 Å². The summed E-state index contributed by atoms with van der Waals surface area (Å²) in [6.07, 6.45) is 0. The maximum Gasteiger partial charge on any atom is 0.162 e. The summed E-state index contributed by atoms with van der Waals surface area (Å²) in [4.78, 5) is 0. The van der Waals surface area contributed by atoms with Crippen molar-refractivity contribution in [2.75, 3.05) is 13.2 Å². The van der Waals surface area contributed by atoms with Crippen LogP contribution in [0.1, 0.15) is 18.1 Å². The van der Waals surface area contributed by atoms with Crippen LogP contribution in [-0.2, 0) is 6.54 Å². The van der Waals surface area contributed by atoms with Crippen LogP contribution in [0.4, 0.5) is 0 Å². The van der Waals surface area contributed by atoms with Crippen molar-refractivity contribution in [1.29, 1.82) is 0 Å². The third-order valence-corrected chi connectivity index (χ3v) is 2.85. The van der Waals surface area contributed by atoms with Crippen molar-refractivity contribution >= 4 is 0 Å². The highest BCUT2D eigenvalue weighted by Gasteiger charge is 2.05. The predicted molar refractivity (Wildman–Crippen MR) is 84.3 cm³/mol. The van der Waals surface area contributed by atoms with Crippen LogP contribution in [0, 0.1) is 11.8 Å². The Morgan fingerprint density at radius 1 is 1.00 bits per heavy atom. The van der Waals surface area contributed by atoms with Crippen LogP contribution in [0.25, 0.3) is 0 Å². The van der Waals surface area contributed by atoms with Gasteiger partial charge in [0, 0.05) is 12.1 Å². The van der Waals surface area contributed by atoms with Gasteiger partial charge in [0.2, 0.25) is 0 Å². The number of ether oxygens (including phenoxy) is 2. The first-order valence-corrected chi connectivity index (χ1v) is 6.96. The third-order valence-electron chi connectivity index (χ3n) is 2.85. The molecule has 3 nitrogen and oxygen atoms in total. The molecule has 0 heterocycles. The number of hydrogen-bond acceptors (Lipinski definition) is 3. The Bertz CT molecular complexity index is 627. The molecule has 108 valence electrons. The molecule has 0 radical (unpaired) electrons. The minimum Gasteiger partial charge on any atom is -0.490 e. The lowest BCUT2D eigenvalue weighted by Gasteiger charge is -2.11. The first-order valence-electron chi connectivity index (χ1n) is 6.96. The van der Waals surface area contributed by atoms with E-state index in [-0.39, 0.29) is 0 Å². The minimum atomic E-state index is 0.316. The van der Waals surface area contributed by atoms with Crippen molar-refractivity contribution in [3.05, 3.63) is 59.7 Å². The first-order chi connectivity index (χ1) is 10.3. The van der Waals surface area contributed by atoms with Crippen molar-refractivity contribution in [3.8, 4) is 23.3 Å². The summed E-state index contributed by atoms with van der Waals surface area (Å²) < 4.78 is 11.2. The summed E-state index contributed by atoms with van der Waals surface area (Å²) in [5.41, 5.74) is 7.62. The van der Waals surface area contributed by atoms with E-state index >= 15 is 0 Å². The molecule has 0 aliphatic rings. The topological polar surface area (TPSA) is 44.5 Å². The van der Waals surface area contributed by atoms with Crippen LogP contribution < -0.4 is 15.2 Å². The van der Waals surface area contributed by atoms with E-state index in [1.165, 1.54) is 0 Å². The molecule has 0 bridgehead atoms. The molecule has 3 heteroatoms. The smallest absolute Gasteiger partial charge is 0.162 e. The molecule has 0 unspecified atom stereocenters. The molecule has 2 N–H and O–H groups in total. The first kappa shape index (κ1) is 15.0. The summed E-state index contributed by atoms with van der Waals surface area (Å²) in [5.74, 6) is 7.45. The van der Waals surface area contributed by atoms with Gasteiger partial charge in [-0.05, 0) is 36.8 Å². The van der Waals surface area contributed by atoms with E-state index in [2.05, 4.69) is 11.8 Å². The zero-order chi connectivity index (χ0) is 14.9. The van der Waals surface area contributed by atoms with Gasteiger partial charge in [0.05, 0.1) is 6.61 Å². The third kappa shape index (κ3) is 4.55. The molecule has 0 saturated carbocycles. The van der Waals surface area contributed by atoms with E-state index in [4.69, 9.17) is 15.2 Å². The van der Waals surface area contributed by atoms with E-state index < -0.39 is 0 Å². The molecule has 0 aliphatic carbocycles. The molecule has 0 spiro atoms. The van der Waals surface area contributed by atoms with E-state index in [0.717, 1.165) is 11.1 Å². The molecule has 0 amide bonds. The lowest BCUT2D eigenvalue weighted by molar-refractivity contribution is 0.299. The zero-order valence-corrected chi connectivity index (χ0v) is 12.1. The van der Waals surface area contributed by atoms with Gasteiger partial charge < -0.3 is 15.2 Å². The van der Waals surface area contributed by atoms with Crippen LogP contribution in [-0.4, -0.2) is 13.2 Å². The monoisotopic (exact) mass is 281 g/mol. The molecule has 0 fully saturated rings. The van der Waals surface area contributed by atoms with Gasteiger partial charge in [0.1, 0.15) is 6.61 Å². The second-order valence-electron chi connectivity index (χ2n) is 4.37. The molecule has 2 rings (SSSR count). The van der Waals surface area contributed by atoms with Crippen molar-refractivity contribution in [3.63, 3.8) is 0 Å². The number of benzene rings is 2. The van der Waals surface area contributed by atoms with E-state index in [0.29, 0.717) is 31.3 Å². The molecule has 0 aromatic heterocycles. The average molecular weight is 281 g/mol. The Labute approximate surface area is 125 Å². The van der Waals surface area contributed by atoms with Gasteiger partial charge in [0.25, 0.3) is 0 Å². The molecule has 0 saturated heterocycles. The number of nitrogens with two attached hydrogens (primary N) is 1.